The molecule has 0 spiro atoms. The van der Waals surface area contributed by atoms with Gasteiger partial charge in [0.25, 0.3) is 5.91 Å². The molecule has 0 unspecified atom stereocenters. The Morgan fingerprint density at radius 1 is 1.00 bits per heavy atom. The minimum atomic E-state index is -0.0530. The Hall–Kier alpha value is -2.13. The van der Waals surface area contributed by atoms with Gasteiger partial charge in [-0.15, -0.1) is 0 Å². The van der Waals surface area contributed by atoms with Crippen molar-refractivity contribution in [2.24, 2.45) is 0 Å². The number of amides is 1. The van der Waals surface area contributed by atoms with Gasteiger partial charge in [0.15, 0.2) is 0 Å². The second-order valence-corrected chi connectivity index (χ2v) is 6.51. The maximum atomic E-state index is 12.4. The quantitative estimate of drug-likeness (QED) is 0.920. The van der Waals surface area contributed by atoms with Gasteiger partial charge in [0.1, 0.15) is 0 Å². The average molecular weight is 308 g/mol. The van der Waals surface area contributed by atoms with Gasteiger partial charge in [-0.25, -0.2) is 0 Å². The number of carbonyl (C=O) groups excluding carboxylic acids is 1. The van der Waals surface area contributed by atoms with E-state index in [0.717, 1.165) is 23.4 Å². The topological polar surface area (TPSA) is 32.3 Å². The van der Waals surface area contributed by atoms with Crippen molar-refractivity contribution in [1.29, 1.82) is 0 Å². The van der Waals surface area contributed by atoms with Crippen LogP contribution in [0.4, 0.5) is 5.69 Å². The van der Waals surface area contributed by atoms with Crippen LogP contribution in [0.5, 0.6) is 0 Å². The van der Waals surface area contributed by atoms with Gasteiger partial charge in [-0.2, -0.15) is 0 Å². The van der Waals surface area contributed by atoms with Gasteiger partial charge in [-0.3, -0.25) is 9.69 Å². The second kappa shape index (κ2) is 6.97. The summed E-state index contributed by atoms with van der Waals surface area (Å²) in [5.74, 6) is -0.0530. The Morgan fingerprint density at radius 2 is 1.61 bits per heavy atom. The summed E-state index contributed by atoms with van der Waals surface area (Å²) in [5, 5.41) is 2.98. The van der Waals surface area contributed by atoms with Crippen LogP contribution in [0.2, 0.25) is 0 Å². The number of anilines is 1. The van der Waals surface area contributed by atoms with Crippen molar-refractivity contribution in [3.8, 4) is 0 Å². The van der Waals surface area contributed by atoms with Crippen molar-refractivity contribution in [2.45, 2.75) is 33.2 Å². The highest BCUT2D eigenvalue weighted by Crippen LogP contribution is 2.16. The molecule has 1 fully saturated rings. The van der Waals surface area contributed by atoms with Crippen molar-refractivity contribution < 1.29 is 4.79 Å². The maximum absolute atomic E-state index is 12.4. The number of likely N-dealkylation sites (tertiary alicyclic amines) is 1. The Kier molecular flexibility index (Phi) is 4.77. The summed E-state index contributed by atoms with van der Waals surface area (Å²) in [5.41, 5.74) is 5.14. The van der Waals surface area contributed by atoms with E-state index in [1.165, 1.54) is 31.5 Å². The fourth-order valence-electron chi connectivity index (χ4n) is 3.21. The van der Waals surface area contributed by atoms with E-state index in [0.29, 0.717) is 5.56 Å². The van der Waals surface area contributed by atoms with E-state index in [9.17, 15) is 4.79 Å². The summed E-state index contributed by atoms with van der Waals surface area (Å²) in [6.45, 7) is 7.44. The Labute approximate surface area is 138 Å². The molecule has 0 saturated carbocycles. The van der Waals surface area contributed by atoms with Gasteiger partial charge in [0.05, 0.1) is 0 Å². The molecule has 3 nitrogen and oxygen atoms in total. The summed E-state index contributed by atoms with van der Waals surface area (Å²) in [6, 6.07) is 14.1. The minimum absolute atomic E-state index is 0.0530. The number of carbonyl (C=O) groups is 1. The Morgan fingerprint density at radius 3 is 2.22 bits per heavy atom. The molecule has 0 aromatic heterocycles. The zero-order valence-corrected chi connectivity index (χ0v) is 13.9. The fraction of sp³-hybridized carbons (Fsp3) is 0.350. The van der Waals surface area contributed by atoms with Gasteiger partial charge >= 0.3 is 0 Å². The van der Waals surface area contributed by atoms with Crippen LogP contribution in [0.25, 0.3) is 0 Å². The third kappa shape index (κ3) is 4.20. The zero-order chi connectivity index (χ0) is 16.2. The molecular formula is C20H24N2O. The highest BCUT2D eigenvalue weighted by atomic mass is 16.1. The number of nitrogens with zero attached hydrogens (tertiary/aromatic N) is 1. The molecule has 2 aromatic rings. The summed E-state index contributed by atoms with van der Waals surface area (Å²) >= 11 is 0. The lowest BCUT2D eigenvalue weighted by molar-refractivity contribution is 0.102. The normalized spacial score (nSPS) is 14.9. The first-order chi connectivity index (χ1) is 11.1. The van der Waals surface area contributed by atoms with Gasteiger partial charge in [0, 0.05) is 17.8 Å². The lowest BCUT2D eigenvalue weighted by Crippen LogP contribution is -2.18. The first-order valence-corrected chi connectivity index (χ1v) is 8.31. The van der Waals surface area contributed by atoms with Crippen molar-refractivity contribution in [3.63, 3.8) is 0 Å². The number of aryl methyl sites for hydroxylation is 2. The van der Waals surface area contributed by atoms with E-state index >= 15 is 0 Å². The Balaban J connectivity index is 1.65. The molecule has 1 heterocycles. The van der Waals surface area contributed by atoms with Crippen LogP contribution in [0.15, 0.2) is 42.5 Å². The highest BCUT2D eigenvalue weighted by molar-refractivity contribution is 6.04. The Bertz CT molecular complexity index is 665. The van der Waals surface area contributed by atoms with Crippen LogP contribution < -0.4 is 5.32 Å². The summed E-state index contributed by atoms with van der Waals surface area (Å²) in [7, 11) is 0. The fourth-order valence-corrected chi connectivity index (χ4v) is 3.21. The van der Waals surface area contributed by atoms with Crippen molar-refractivity contribution >= 4 is 11.6 Å². The van der Waals surface area contributed by atoms with E-state index in [1.54, 1.807) is 0 Å². The molecule has 1 aliphatic rings. The van der Waals surface area contributed by atoms with Crippen molar-refractivity contribution in [3.05, 3.63) is 64.7 Å². The van der Waals surface area contributed by atoms with Crippen LogP contribution in [0.3, 0.4) is 0 Å². The molecule has 0 bridgehead atoms. The first-order valence-electron chi connectivity index (χ1n) is 8.31. The zero-order valence-electron chi connectivity index (χ0n) is 13.9. The molecule has 1 saturated heterocycles. The average Bonchev–Trinajstić information content (AvgIpc) is 3.00. The SMILES string of the molecule is Cc1cc(C)cc(NC(=O)c2ccc(CN3CCCC3)cc2)c1. The number of benzene rings is 2. The second-order valence-electron chi connectivity index (χ2n) is 6.51. The van der Waals surface area contributed by atoms with Crippen LogP contribution in [-0.2, 0) is 6.54 Å². The van der Waals surface area contributed by atoms with Crippen molar-refractivity contribution in [2.75, 3.05) is 18.4 Å². The van der Waals surface area contributed by atoms with Gasteiger partial charge in [-0.1, -0.05) is 18.2 Å². The van der Waals surface area contributed by atoms with E-state index in [2.05, 4.69) is 28.4 Å². The summed E-state index contributed by atoms with van der Waals surface area (Å²) < 4.78 is 0. The smallest absolute Gasteiger partial charge is 0.255 e. The molecule has 3 rings (SSSR count). The molecular weight excluding hydrogens is 284 g/mol. The number of rotatable bonds is 4. The molecule has 1 N–H and O–H groups in total. The molecule has 120 valence electrons. The molecule has 1 amide bonds. The van der Waals surface area contributed by atoms with Gasteiger partial charge < -0.3 is 5.32 Å². The molecule has 1 aliphatic heterocycles. The molecule has 2 aromatic carbocycles. The lowest BCUT2D eigenvalue weighted by Gasteiger charge is -2.14. The van der Waals surface area contributed by atoms with E-state index < -0.39 is 0 Å². The summed E-state index contributed by atoms with van der Waals surface area (Å²) in [6.07, 6.45) is 2.60. The highest BCUT2D eigenvalue weighted by Gasteiger charge is 2.12. The van der Waals surface area contributed by atoms with E-state index in [-0.39, 0.29) is 5.91 Å². The largest absolute Gasteiger partial charge is 0.322 e. The number of hydrogen-bond donors (Lipinski definition) is 1. The maximum Gasteiger partial charge on any atom is 0.255 e. The van der Waals surface area contributed by atoms with Gasteiger partial charge in [0.2, 0.25) is 0 Å². The molecule has 0 aliphatic carbocycles. The molecule has 0 radical (unpaired) electrons. The van der Waals surface area contributed by atoms with Crippen molar-refractivity contribution in [1.82, 2.24) is 4.90 Å². The number of nitrogens with one attached hydrogen (secondary N) is 1. The third-order valence-corrected chi connectivity index (χ3v) is 4.30. The van der Waals surface area contributed by atoms with E-state index in [4.69, 9.17) is 0 Å². The minimum Gasteiger partial charge on any atom is -0.322 e. The standard InChI is InChI=1S/C20H24N2O/c1-15-11-16(2)13-19(12-15)21-20(23)18-7-5-17(6-8-18)14-22-9-3-4-10-22/h5-8,11-13H,3-4,9-10,14H2,1-2H3,(H,21,23). The third-order valence-electron chi connectivity index (χ3n) is 4.30. The van der Waals surface area contributed by atoms with E-state index in [1.807, 2.05) is 38.1 Å². The first kappa shape index (κ1) is 15.8. The van der Waals surface area contributed by atoms with Crippen LogP contribution >= 0.6 is 0 Å². The molecule has 23 heavy (non-hydrogen) atoms. The lowest BCUT2D eigenvalue weighted by atomic mass is 10.1. The van der Waals surface area contributed by atoms with Gasteiger partial charge in [-0.05, 0) is 80.7 Å². The monoisotopic (exact) mass is 308 g/mol. The molecule has 0 atom stereocenters. The summed E-state index contributed by atoms with van der Waals surface area (Å²) in [4.78, 5) is 14.8. The molecule has 3 heteroatoms. The number of hydrogen-bond acceptors (Lipinski definition) is 2. The predicted molar refractivity (Wildman–Crippen MR) is 94.8 cm³/mol. The van der Waals surface area contributed by atoms with Crippen LogP contribution in [0, 0.1) is 13.8 Å². The van der Waals surface area contributed by atoms with Crippen LogP contribution in [-0.4, -0.2) is 23.9 Å². The predicted octanol–water partition coefficient (Wildman–Crippen LogP) is 4.15. The van der Waals surface area contributed by atoms with Crippen LogP contribution in [0.1, 0.15) is 39.9 Å².